The number of ether oxygens (including phenoxy) is 1. The predicted octanol–water partition coefficient (Wildman–Crippen LogP) is 1.84. The third-order valence-electron chi connectivity index (χ3n) is 4.72. The fraction of sp³-hybridized carbons (Fsp3) is 0.529. The van der Waals surface area contributed by atoms with E-state index in [0.29, 0.717) is 43.4 Å². The summed E-state index contributed by atoms with van der Waals surface area (Å²) < 4.78 is 11.0. The van der Waals surface area contributed by atoms with Crippen LogP contribution in [-0.2, 0) is 16.0 Å². The van der Waals surface area contributed by atoms with Gasteiger partial charge in [-0.25, -0.2) is 0 Å². The van der Waals surface area contributed by atoms with Crippen molar-refractivity contribution in [3.05, 3.63) is 30.3 Å². The van der Waals surface area contributed by atoms with Gasteiger partial charge in [0.2, 0.25) is 17.6 Å². The Kier molecular flexibility index (Phi) is 4.25. The molecule has 3 heterocycles. The van der Waals surface area contributed by atoms with Gasteiger partial charge in [-0.15, -0.1) is 0 Å². The van der Waals surface area contributed by atoms with Gasteiger partial charge >= 0.3 is 0 Å². The van der Waals surface area contributed by atoms with Gasteiger partial charge in [0.15, 0.2) is 0 Å². The van der Waals surface area contributed by atoms with Crippen molar-refractivity contribution < 1.29 is 14.1 Å². The quantitative estimate of drug-likeness (QED) is 0.852. The Bertz CT molecular complexity index is 703. The highest BCUT2D eigenvalue weighted by Crippen LogP contribution is 2.30. The second-order valence-corrected chi connectivity index (χ2v) is 6.22. The van der Waals surface area contributed by atoms with Crippen molar-refractivity contribution >= 4 is 5.91 Å². The average molecular weight is 328 g/mol. The summed E-state index contributed by atoms with van der Waals surface area (Å²) in [5.41, 5.74) is 0.667. The fourth-order valence-electron chi connectivity index (χ4n) is 3.55. The van der Waals surface area contributed by atoms with Gasteiger partial charge in [-0.05, 0) is 31.4 Å². The van der Waals surface area contributed by atoms with Gasteiger partial charge in [-0.3, -0.25) is 9.78 Å². The van der Waals surface area contributed by atoms with E-state index in [9.17, 15) is 4.79 Å². The van der Waals surface area contributed by atoms with E-state index in [1.807, 2.05) is 23.1 Å². The number of rotatable bonds is 4. The van der Waals surface area contributed by atoms with Crippen molar-refractivity contribution in [1.82, 2.24) is 20.0 Å². The van der Waals surface area contributed by atoms with E-state index in [2.05, 4.69) is 15.1 Å². The molecule has 0 bridgehead atoms. The zero-order chi connectivity index (χ0) is 16.4. The molecule has 0 aromatic carbocycles. The second kappa shape index (κ2) is 6.68. The van der Waals surface area contributed by atoms with Gasteiger partial charge in [-0.2, -0.15) is 4.98 Å². The number of amides is 1. The maximum absolute atomic E-state index is 12.6. The van der Waals surface area contributed by atoms with Crippen LogP contribution in [0.15, 0.2) is 28.9 Å². The first-order valence-corrected chi connectivity index (χ1v) is 8.46. The Balaban J connectivity index is 1.37. The molecular weight excluding hydrogens is 308 g/mol. The minimum Gasteiger partial charge on any atom is -0.374 e. The lowest BCUT2D eigenvalue weighted by atomic mass is 10.1. The molecule has 4 rings (SSSR count). The Hall–Kier alpha value is -2.28. The molecule has 2 aliphatic rings. The molecule has 2 aromatic rings. The molecule has 1 saturated heterocycles. The van der Waals surface area contributed by atoms with E-state index in [-0.39, 0.29) is 18.1 Å². The summed E-state index contributed by atoms with van der Waals surface area (Å²) in [6.45, 7) is 1.32. The molecule has 1 aliphatic heterocycles. The molecule has 1 saturated carbocycles. The minimum atomic E-state index is 0.146. The molecule has 2 fully saturated rings. The van der Waals surface area contributed by atoms with Crippen molar-refractivity contribution in [3.63, 3.8) is 0 Å². The van der Waals surface area contributed by atoms with Crippen LogP contribution >= 0.6 is 0 Å². The summed E-state index contributed by atoms with van der Waals surface area (Å²) in [6.07, 6.45) is 5.98. The maximum atomic E-state index is 12.6. The highest BCUT2D eigenvalue weighted by molar-refractivity contribution is 5.77. The van der Waals surface area contributed by atoms with E-state index in [1.54, 1.807) is 6.20 Å². The average Bonchev–Trinajstić information content (AvgIpc) is 3.29. The van der Waals surface area contributed by atoms with Gasteiger partial charge in [0.1, 0.15) is 5.69 Å². The molecule has 2 aromatic heterocycles. The normalized spacial score (nSPS) is 23.2. The van der Waals surface area contributed by atoms with E-state index in [4.69, 9.17) is 9.26 Å². The van der Waals surface area contributed by atoms with Gasteiger partial charge in [0, 0.05) is 25.6 Å². The van der Waals surface area contributed by atoms with E-state index in [1.165, 1.54) is 0 Å². The molecule has 0 N–H and O–H groups in total. The lowest BCUT2D eigenvalue weighted by Crippen LogP contribution is -2.51. The molecule has 126 valence electrons. The number of fused-ring (bicyclic) bond motifs is 1. The summed E-state index contributed by atoms with van der Waals surface area (Å²) in [4.78, 5) is 23.1. The zero-order valence-corrected chi connectivity index (χ0v) is 13.4. The minimum absolute atomic E-state index is 0.146. The number of morpholine rings is 1. The molecule has 1 amide bonds. The number of carbonyl (C=O) groups excluding carboxylic acids is 1. The molecule has 1 aliphatic carbocycles. The van der Waals surface area contributed by atoms with Crippen LogP contribution in [0.1, 0.15) is 31.6 Å². The molecular formula is C17H20N4O3. The van der Waals surface area contributed by atoms with Crippen LogP contribution in [0.3, 0.4) is 0 Å². The van der Waals surface area contributed by atoms with Gasteiger partial charge < -0.3 is 14.2 Å². The number of aryl methyl sites for hydroxylation is 1. The Labute approximate surface area is 140 Å². The lowest BCUT2D eigenvalue weighted by molar-refractivity contribution is -0.144. The second-order valence-electron chi connectivity index (χ2n) is 6.22. The predicted molar refractivity (Wildman–Crippen MR) is 84.9 cm³/mol. The molecule has 0 unspecified atom stereocenters. The fourth-order valence-corrected chi connectivity index (χ4v) is 3.55. The first-order chi connectivity index (χ1) is 11.8. The standard InChI is InChI=1S/C17H20N4O3/c22-16(21-10-11-23-14-6-3-5-13(14)21)8-7-15-19-17(20-24-15)12-4-1-2-9-18-12/h1-2,4,9,13-14H,3,5-8,10-11H2/t13-,14-/m1/s1. The first kappa shape index (κ1) is 15.3. The van der Waals surface area contributed by atoms with Crippen LogP contribution < -0.4 is 0 Å². The van der Waals surface area contributed by atoms with Crippen LogP contribution in [0.5, 0.6) is 0 Å². The monoisotopic (exact) mass is 328 g/mol. The van der Waals surface area contributed by atoms with Crippen molar-refractivity contribution in [3.8, 4) is 11.5 Å². The molecule has 7 nitrogen and oxygen atoms in total. The Morgan fingerprint density at radius 3 is 3.17 bits per heavy atom. The van der Waals surface area contributed by atoms with E-state index >= 15 is 0 Å². The molecule has 7 heteroatoms. The van der Waals surface area contributed by atoms with Crippen molar-refractivity contribution in [2.24, 2.45) is 0 Å². The molecule has 2 atom stereocenters. The lowest BCUT2D eigenvalue weighted by Gasteiger charge is -2.37. The van der Waals surface area contributed by atoms with Crippen LogP contribution in [0.4, 0.5) is 0 Å². The number of hydrogen-bond donors (Lipinski definition) is 0. The van der Waals surface area contributed by atoms with Crippen molar-refractivity contribution in [1.29, 1.82) is 0 Å². The van der Waals surface area contributed by atoms with Crippen molar-refractivity contribution in [2.75, 3.05) is 13.2 Å². The van der Waals surface area contributed by atoms with Crippen molar-refractivity contribution in [2.45, 2.75) is 44.2 Å². The summed E-state index contributed by atoms with van der Waals surface area (Å²) in [5, 5.41) is 3.94. The van der Waals surface area contributed by atoms with Crippen LogP contribution in [-0.4, -0.2) is 51.2 Å². The van der Waals surface area contributed by atoms with E-state index in [0.717, 1.165) is 19.3 Å². The van der Waals surface area contributed by atoms with E-state index < -0.39 is 0 Å². The number of carbonyl (C=O) groups is 1. The topological polar surface area (TPSA) is 81.3 Å². The number of aromatic nitrogens is 3. The number of pyridine rings is 1. The largest absolute Gasteiger partial charge is 0.374 e. The Morgan fingerprint density at radius 1 is 1.33 bits per heavy atom. The summed E-state index contributed by atoms with van der Waals surface area (Å²) in [7, 11) is 0. The maximum Gasteiger partial charge on any atom is 0.227 e. The first-order valence-electron chi connectivity index (χ1n) is 8.46. The third kappa shape index (κ3) is 3.03. The zero-order valence-electron chi connectivity index (χ0n) is 13.4. The number of hydrogen-bond acceptors (Lipinski definition) is 6. The van der Waals surface area contributed by atoms with Crippen LogP contribution in [0.2, 0.25) is 0 Å². The summed E-state index contributed by atoms with van der Waals surface area (Å²) >= 11 is 0. The Morgan fingerprint density at radius 2 is 2.29 bits per heavy atom. The molecule has 24 heavy (non-hydrogen) atoms. The van der Waals surface area contributed by atoms with Crippen LogP contribution in [0, 0.1) is 0 Å². The van der Waals surface area contributed by atoms with Gasteiger partial charge in [-0.1, -0.05) is 11.2 Å². The third-order valence-corrected chi connectivity index (χ3v) is 4.72. The molecule has 0 radical (unpaired) electrons. The number of nitrogens with zero attached hydrogens (tertiary/aromatic N) is 4. The summed E-state index contributed by atoms with van der Waals surface area (Å²) in [5.74, 6) is 1.08. The smallest absolute Gasteiger partial charge is 0.227 e. The van der Waals surface area contributed by atoms with Crippen LogP contribution in [0.25, 0.3) is 11.5 Å². The van der Waals surface area contributed by atoms with Gasteiger partial charge in [0.05, 0.1) is 18.8 Å². The highest BCUT2D eigenvalue weighted by atomic mass is 16.5. The van der Waals surface area contributed by atoms with Gasteiger partial charge in [0.25, 0.3) is 0 Å². The highest BCUT2D eigenvalue weighted by Gasteiger charge is 2.38. The summed E-state index contributed by atoms with van der Waals surface area (Å²) in [6, 6.07) is 5.78. The SMILES string of the molecule is O=C(CCc1nc(-c2ccccn2)no1)N1CCO[C@@H]2CCC[C@H]21. The molecule has 0 spiro atoms.